The number of fused-ring (bicyclic) bond motifs is 1. The van der Waals surface area contributed by atoms with Gasteiger partial charge in [-0.3, -0.25) is 4.79 Å². The summed E-state index contributed by atoms with van der Waals surface area (Å²) in [7, 11) is 1.85. The molecule has 3 rings (SSSR count). The van der Waals surface area contributed by atoms with Crippen molar-refractivity contribution in [1.29, 1.82) is 0 Å². The van der Waals surface area contributed by atoms with E-state index in [-0.39, 0.29) is 12.4 Å². The maximum atomic E-state index is 12.1. The minimum absolute atomic E-state index is 0.0227. The Morgan fingerprint density at radius 1 is 1.05 bits per heavy atom. The first-order valence-electron chi connectivity index (χ1n) is 6.51. The number of aryl methyl sites for hydroxylation is 1. The van der Waals surface area contributed by atoms with E-state index in [1.165, 1.54) is 0 Å². The summed E-state index contributed by atoms with van der Waals surface area (Å²) in [6.07, 6.45) is 1.85. The molecule has 0 spiro atoms. The number of ketones is 1. The zero-order chi connectivity index (χ0) is 13.9. The molecule has 1 aromatic heterocycles. The molecular formula is C17H15NO2. The molecule has 0 saturated heterocycles. The van der Waals surface area contributed by atoms with Crippen LogP contribution in [0.25, 0.3) is 10.8 Å². The van der Waals surface area contributed by atoms with Gasteiger partial charge in [-0.1, -0.05) is 36.4 Å². The molecule has 0 aliphatic rings. The van der Waals surface area contributed by atoms with Gasteiger partial charge in [-0.05, 0) is 23.6 Å². The Bertz CT molecular complexity index is 753. The molecule has 0 aliphatic carbocycles. The number of rotatable bonds is 4. The minimum Gasteiger partial charge on any atom is -0.485 e. The summed E-state index contributed by atoms with van der Waals surface area (Å²) >= 11 is 0. The molecule has 100 valence electrons. The minimum atomic E-state index is -0.0227. The van der Waals surface area contributed by atoms with E-state index in [0.717, 1.165) is 16.5 Å². The highest BCUT2D eigenvalue weighted by Crippen LogP contribution is 2.25. The fraction of sp³-hybridized carbons (Fsp3) is 0.118. The van der Waals surface area contributed by atoms with E-state index in [0.29, 0.717) is 5.69 Å². The van der Waals surface area contributed by atoms with E-state index >= 15 is 0 Å². The van der Waals surface area contributed by atoms with E-state index in [4.69, 9.17) is 4.74 Å². The fourth-order valence-electron chi connectivity index (χ4n) is 2.29. The van der Waals surface area contributed by atoms with Gasteiger partial charge in [0.25, 0.3) is 0 Å². The third-order valence-corrected chi connectivity index (χ3v) is 3.34. The van der Waals surface area contributed by atoms with Gasteiger partial charge < -0.3 is 9.30 Å². The van der Waals surface area contributed by atoms with Crippen molar-refractivity contribution in [2.75, 3.05) is 6.61 Å². The second-order valence-electron chi connectivity index (χ2n) is 4.69. The number of Topliss-reactive ketones (excluding diaryl/α,β-unsaturated/α-hetero) is 1. The number of carbonyl (C=O) groups is 1. The van der Waals surface area contributed by atoms with Crippen molar-refractivity contribution >= 4 is 16.6 Å². The number of aromatic nitrogens is 1. The predicted octanol–water partition coefficient (Wildman–Crippen LogP) is 3.44. The van der Waals surface area contributed by atoms with Crippen molar-refractivity contribution in [2.24, 2.45) is 7.05 Å². The molecule has 3 heteroatoms. The average molecular weight is 265 g/mol. The van der Waals surface area contributed by atoms with Crippen LogP contribution >= 0.6 is 0 Å². The highest BCUT2D eigenvalue weighted by Gasteiger charge is 2.10. The second kappa shape index (κ2) is 5.21. The lowest BCUT2D eigenvalue weighted by atomic mass is 10.1. The molecule has 0 unspecified atom stereocenters. The lowest BCUT2D eigenvalue weighted by Crippen LogP contribution is -2.14. The highest BCUT2D eigenvalue weighted by molar-refractivity contribution is 5.96. The first-order chi connectivity index (χ1) is 9.75. The van der Waals surface area contributed by atoms with Gasteiger partial charge in [0.15, 0.2) is 6.61 Å². The molecular weight excluding hydrogens is 250 g/mol. The van der Waals surface area contributed by atoms with Crippen molar-refractivity contribution in [2.45, 2.75) is 0 Å². The van der Waals surface area contributed by atoms with Crippen LogP contribution in [-0.2, 0) is 7.05 Å². The molecule has 20 heavy (non-hydrogen) atoms. The third kappa shape index (κ3) is 2.30. The van der Waals surface area contributed by atoms with Gasteiger partial charge in [0.1, 0.15) is 5.75 Å². The molecule has 0 atom stereocenters. The van der Waals surface area contributed by atoms with E-state index in [1.807, 2.05) is 61.8 Å². The van der Waals surface area contributed by atoms with Gasteiger partial charge in [0.05, 0.1) is 5.69 Å². The molecule has 0 aliphatic heterocycles. The topological polar surface area (TPSA) is 31.2 Å². The van der Waals surface area contributed by atoms with Crippen LogP contribution < -0.4 is 4.74 Å². The zero-order valence-electron chi connectivity index (χ0n) is 11.2. The maximum absolute atomic E-state index is 12.1. The normalized spacial score (nSPS) is 10.7. The monoisotopic (exact) mass is 265 g/mol. The van der Waals surface area contributed by atoms with Gasteiger partial charge in [0, 0.05) is 18.6 Å². The Morgan fingerprint density at radius 2 is 1.85 bits per heavy atom. The lowest BCUT2D eigenvalue weighted by molar-refractivity contribution is 0.0914. The number of carbonyl (C=O) groups excluding carboxylic acids is 1. The average Bonchev–Trinajstić information content (AvgIpc) is 2.91. The number of hydrogen-bond donors (Lipinski definition) is 0. The second-order valence-corrected chi connectivity index (χ2v) is 4.69. The van der Waals surface area contributed by atoms with Crippen molar-refractivity contribution in [3.8, 4) is 5.75 Å². The van der Waals surface area contributed by atoms with Crippen molar-refractivity contribution in [1.82, 2.24) is 4.57 Å². The molecule has 0 saturated carbocycles. The van der Waals surface area contributed by atoms with Crippen LogP contribution in [0.2, 0.25) is 0 Å². The van der Waals surface area contributed by atoms with E-state index in [2.05, 4.69) is 0 Å². The first-order valence-corrected chi connectivity index (χ1v) is 6.51. The van der Waals surface area contributed by atoms with Gasteiger partial charge in [-0.25, -0.2) is 0 Å². The Kier molecular flexibility index (Phi) is 3.25. The molecule has 3 nitrogen and oxygen atoms in total. The Labute approximate surface area is 117 Å². The smallest absolute Gasteiger partial charge is 0.216 e. The Hall–Kier alpha value is -2.55. The SMILES string of the molecule is Cn1cccc1C(=O)COc1cccc2ccccc12. The predicted molar refractivity (Wildman–Crippen MR) is 79.2 cm³/mol. The van der Waals surface area contributed by atoms with Gasteiger partial charge in [0.2, 0.25) is 5.78 Å². The molecule has 0 N–H and O–H groups in total. The summed E-state index contributed by atoms with van der Waals surface area (Å²) in [5.74, 6) is 0.719. The Balaban J connectivity index is 1.81. The summed E-state index contributed by atoms with van der Waals surface area (Å²) in [5, 5.41) is 2.13. The van der Waals surface area contributed by atoms with Crippen LogP contribution in [0.3, 0.4) is 0 Å². The van der Waals surface area contributed by atoms with Gasteiger partial charge >= 0.3 is 0 Å². The van der Waals surface area contributed by atoms with Crippen LogP contribution in [0.5, 0.6) is 5.75 Å². The summed E-state index contributed by atoms with van der Waals surface area (Å²) in [6.45, 7) is 0.0475. The zero-order valence-corrected chi connectivity index (χ0v) is 11.2. The summed E-state index contributed by atoms with van der Waals surface area (Å²) in [4.78, 5) is 12.1. The Morgan fingerprint density at radius 3 is 2.65 bits per heavy atom. The number of ether oxygens (including phenoxy) is 1. The molecule has 0 bridgehead atoms. The fourth-order valence-corrected chi connectivity index (χ4v) is 2.29. The number of hydrogen-bond acceptors (Lipinski definition) is 2. The van der Waals surface area contributed by atoms with E-state index in [9.17, 15) is 4.79 Å². The van der Waals surface area contributed by atoms with Crippen molar-refractivity contribution < 1.29 is 9.53 Å². The third-order valence-electron chi connectivity index (χ3n) is 3.34. The lowest BCUT2D eigenvalue weighted by Gasteiger charge is -2.09. The molecule has 0 fully saturated rings. The van der Waals surface area contributed by atoms with Crippen molar-refractivity contribution in [3.05, 3.63) is 66.5 Å². The molecule has 0 radical (unpaired) electrons. The summed E-state index contributed by atoms with van der Waals surface area (Å²) < 4.78 is 7.50. The largest absolute Gasteiger partial charge is 0.485 e. The molecule has 2 aromatic carbocycles. The van der Waals surface area contributed by atoms with Gasteiger partial charge in [-0.15, -0.1) is 0 Å². The molecule has 0 amide bonds. The highest BCUT2D eigenvalue weighted by atomic mass is 16.5. The van der Waals surface area contributed by atoms with Crippen molar-refractivity contribution in [3.63, 3.8) is 0 Å². The van der Waals surface area contributed by atoms with E-state index in [1.54, 1.807) is 10.6 Å². The number of nitrogens with zero attached hydrogens (tertiary/aromatic N) is 1. The van der Waals surface area contributed by atoms with Crippen LogP contribution in [0.4, 0.5) is 0 Å². The first kappa shape index (κ1) is 12.5. The number of benzene rings is 2. The van der Waals surface area contributed by atoms with Crippen LogP contribution in [0.15, 0.2) is 60.8 Å². The summed E-state index contributed by atoms with van der Waals surface area (Å²) in [5.41, 5.74) is 0.658. The maximum Gasteiger partial charge on any atom is 0.216 e. The molecule has 3 aromatic rings. The van der Waals surface area contributed by atoms with E-state index < -0.39 is 0 Å². The van der Waals surface area contributed by atoms with Crippen LogP contribution in [0, 0.1) is 0 Å². The standard InChI is InChI=1S/C17H15NO2/c1-18-11-5-9-15(18)16(19)12-20-17-10-4-7-13-6-2-3-8-14(13)17/h2-11H,12H2,1H3. The summed E-state index contributed by atoms with van der Waals surface area (Å²) in [6, 6.07) is 17.5. The van der Waals surface area contributed by atoms with Gasteiger partial charge in [-0.2, -0.15) is 0 Å². The molecule has 1 heterocycles. The van der Waals surface area contributed by atoms with Crippen LogP contribution in [0.1, 0.15) is 10.5 Å². The quantitative estimate of drug-likeness (QED) is 0.677. The van der Waals surface area contributed by atoms with Crippen LogP contribution in [-0.4, -0.2) is 17.0 Å².